The van der Waals surface area contributed by atoms with Gasteiger partial charge < -0.3 is 19.4 Å². The molecule has 1 atom stereocenters. The van der Waals surface area contributed by atoms with Crippen LogP contribution in [-0.4, -0.2) is 63.3 Å². The summed E-state index contributed by atoms with van der Waals surface area (Å²) in [4.78, 5) is 24.4. The number of aromatic nitrogens is 3. The van der Waals surface area contributed by atoms with Gasteiger partial charge in [0.15, 0.2) is 0 Å². The number of hydrogen-bond donors (Lipinski definition) is 1. The highest BCUT2D eigenvalue weighted by molar-refractivity contribution is 5.91. The first-order valence-electron chi connectivity index (χ1n) is 8.81. The smallest absolute Gasteiger partial charge is 0.292 e. The Hall–Kier alpha value is -2.48. The average Bonchev–Trinajstić information content (AvgIpc) is 3.21. The molecule has 0 spiro atoms. The summed E-state index contributed by atoms with van der Waals surface area (Å²) in [5.41, 5.74) is -0.229. The number of carbonyl (C=O) groups is 1. The van der Waals surface area contributed by atoms with E-state index in [1.54, 1.807) is 31.7 Å². The maximum Gasteiger partial charge on any atom is 0.292 e. The topological polar surface area (TPSA) is 95.6 Å². The summed E-state index contributed by atoms with van der Waals surface area (Å²) in [6, 6.07) is 1.68. The molecule has 1 N–H and O–H groups in total. The summed E-state index contributed by atoms with van der Waals surface area (Å²) in [6.07, 6.45) is 6.23. The standard InChI is InChI=1S/C18H25N5O3/c1-13(2)8-14-9-15(26-21-14)17(24)22(3)11-18(25)4-7-23(12-18)16-10-19-5-6-20-16/h5-6,9-10,13,25H,4,7-8,11-12H2,1-3H3/t18-/m0/s1. The highest BCUT2D eigenvalue weighted by atomic mass is 16.5. The second kappa shape index (κ2) is 7.41. The molecule has 26 heavy (non-hydrogen) atoms. The van der Waals surface area contributed by atoms with E-state index in [2.05, 4.69) is 29.0 Å². The monoisotopic (exact) mass is 359 g/mol. The molecule has 0 aromatic carbocycles. The summed E-state index contributed by atoms with van der Waals surface area (Å²) in [6.45, 7) is 5.45. The van der Waals surface area contributed by atoms with Crippen LogP contribution in [0.1, 0.15) is 36.5 Å². The fourth-order valence-corrected chi connectivity index (χ4v) is 3.26. The molecular weight excluding hydrogens is 334 g/mol. The van der Waals surface area contributed by atoms with Gasteiger partial charge in [-0.15, -0.1) is 0 Å². The van der Waals surface area contributed by atoms with Gasteiger partial charge >= 0.3 is 0 Å². The number of hydrogen-bond acceptors (Lipinski definition) is 7. The van der Waals surface area contributed by atoms with Crippen LogP contribution in [0.2, 0.25) is 0 Å². The van der Waals surface area contributed by atoms with E-state index in [4.69, 9.17) is 4.52 Å². The zero-order valence-corrected chi connectivity index (χ0v) is 15.4. The summed E-state index contributed by atoms with van der Waals surface area (Å²) in [5, 5.41) is 14.8. The highest BCUT2D eigenvalue weighted by Gasteiger charge is 2.39. The molecule has 1 fully saturated rings. The molecule has 1 saturated heterocycles. The largest absolute Gasteiger partial charge is 0.386 e. The molecule has 2 aromatic rings. The van der Waals surface area contributed by atoms with Crippen LogP contribution in [0.15, 0.2) is 29.2 Å². The molecule has 0 unspecified atom stereocenters. The minimum Gasteiger partial charge on any atom is -0.386 e. The van der Waals surface area contributed by atoms with Crippen molar-refractivity contribution in [2.24, 2.45) is 5.92 Å². The molecule has 3 rings (SSSR count). The molecule has 8 nitrogen and oxygen atoms in total. The minimum absolute atomic E-state index is 0.204. The van der Waals surface area contributed by atoms with Crippen LogP contribution in [-0.2, 0) is 6.42 Å². The summed E-state index contributed by atoms with van der Waals surface area (Å²) >= 11 is 0. The molecule has 1 amide bonds. The Bertz CT molecular complexity index is 748. The van der Waals surface area contributed by atoms with Crippen molar-refractivity contribution < 1.29 is 14.4 Å². The Kier molecular flexibility index (Phi) is 5.22. The maximum atomic E-state index is 12.6. The lowest BCUT2D eigenvalue weighted by atomic mass is 10.0. The van der Waals surface area contributed by atoms with E-state index in [0.717, 1.165) is 17.9 Å². The van der Waals surface area contributed by atoms with Crippen LogP contribution < -0.4 is 4.90 Å². The van der Waals surface area contributed by atoms with E-state index in [1.807, 2.05) is 4.90 Å². The average molecular weight is 359 g/mol. The van der Waals surface area contributed by atoms with Gasteiger partial charge in [-0.3, -0.25) is 9.78 Å². The molecule has 1 aliphatic rings. The van der Waals surface area contributed by atoms with Gasteiger partial charge in [-0.25, -0.2) is 4.98 Å². The van der Waals surface area contributed by atoms with Crippen LogP contribution in [0.5, 0.6) is 0 Å². The Morgan fingerprint density at radius 3 is 2.96 bits per heavy atom. The molecule has 0 aliphatic carbocycles. The molecule has 0 bridgehead atoms. The van der Waals surface area contributed by atoms with E-state index < -0.39 is 5.60 Å². The Balaban J connectivity index is 1.61. The Morgan fingerprint density at radius 1 is 1.46 bits per heavy atom. The van der Waals surface area contributed by atoms with E-state index in [0.29, 0.717) is 25.4 Å². The van der Waals surface area contributed by atoms with Gasteiger partial charge in [0, 0.05) is 38.6 Å². The predicted molar refractivity (Wildman–Crippen MR) is 95.8 cm³/mol. The van der Waals surface area contributed by atoms with Crippen LogP contribution >= 0.6 is 0 Å². The van der Waals surface area contributed by atoms with Gasteiger partial charge in [-0.2, -0.15) is 0 Å². The van der Waals surface area contributed by atoms with Crippen molar-refractivity contribution >= 4 is 11.7 Å². The second-order valence-corrected chi connectivity index (χ2v) is 7.40. The molecule has 140 valence electrons. The van der Waals surface area contributed by atoms with Crippen molar-refractivity contribution in [1.82, 2.24) is 20.0 Å². The highest BCUT2D eigenvalue weighted by Crippen LogP contribution is 2.26. The number of likely N-dealkylation sites (N-methyl/N-ethyl adjacent to an activating group) is 1. The molecule has 1 aliphatic heterocycles. The lowest BCUT2D eigenvalue weighted by molar-refractivity contribution is 0.0248. The van der Waals surface area contributed by atoms with Gasteiger partial charge in [0.2, 0.25) is 5.76 Å². The van der Waals surface area contributed by atoms with Crippen LogP contribution in [0, 0.1) is 5.92 Å². The molecular formula is C18H25N5O3. The molecule has 3 heterocycles. The third-order valence-electron chi connectivity index (χ3n) is 4.47. The first-order chi connectivity index (χ1) is 12.4. The van der Waals surface area contributed by atoms with Gasteiger partial charge in [-0.05, 0) is 18.8 Å². The number of aliphatic hydroxyl groups is 1. The molecule has 8 heteroatoms. The van der Waals surface area contributed by atoms with Crippen LogP contribution in [0.4, 0.5) is 5.82 Å². The first kappa shape index (κ1) is 18.3. The van der Waals surface area contributed by atoms with Gasteiger partial charge in [0.1, 0.15) is 11.4 Å². The third-order valence-corrected chi connectivity index (χ3v) is 4.47. The normalized spacial score (nSPS) is 20.0. The number of carbonyl (C=O) groups excluding carboxylic acids is 1. The van der Waals surface area contributed by atoms with Crippen molar-refractivity contribution in [1.29, 1.82) is 0 Å². The fraction of sp³-hybridized carbons (Fsp3) is 0.556. The second-order valence-electron chi connectivity index (χ2n) is 7.40. The van der Waals surface area contributed by atoms with Crippen LogP contribution in [0.3, 0.4) is 0 Å². The predicted octanol–water partition coefficient (Wildman–Crippen LogP) is 1.38. The van der Waals surface area contributed by atoms with Crippen LogP contribution in [0.25, 0.3) is 0 Å². The first-order valence-corrected chi connectivity index (χ1v) is 8.81. The molecule has 0 radical (unpaired) electrons. The van der Waals surface area contributed by atoms with Crippen molar-refractivity contribution in [3.05, 3.63) is 36.1 Å². The molecule has 0 saturated carbocycles. The zero-order valence-electron chi connectivity index (χ0n) is 15.4. The molecule has 2 aromatic heterocycles. The van der Waals surface area contributed by atoms with Gasteiger partial charge in [0.25, 0.3) is 5.91 Å². The number of β-amino-alcohol motifs (C(OH)–C–C–N with tert-alkyl or cyclic N) is 1. The van der Waals surface area contributed by atoms with Gasteiger partial charge in [0.05, 0.1) is 18.4 Å². The SMILES string of the molecule is CC(C)Cc1cc(C(=O)N(C)C[C@@]2(O)CCN(c3cnccn3)C2)on1. The van der Waals surface area contributed by atoms with E-state index >= 15 is 0 Å². The minimum atomic E-state index is -0.997. The Morgan fingerprint density at radius 2 is 2.27 bits per heavy atom. The quantitative estimate of drug-likeness (QED) is 0.832. The van der Waals surface area contributed by atoms with Crippen molar-refractivity contribution in [2.45, 2.75) is 32.3 Å². The van der Waals surface area contributed by atoms with Gasteiger partial charge in [-0.1, -0.05) is 19.0 Å². The van der Waals surface area contributed by atoms with Crippen molar-refractivity contribution in [3.8, 4) is 0 Å². The lowest BCUT2D eigenvalue weighted by Crippen LogP contribution is -2.45. The van der Waals surface area contributed by atoms with Crippen molar-refractivity contribution in [2.75, 3.05) is 31.6 Å². The Labute approximate surface area is 152 Å². The number of anilines is 1. The summed E-state index contributed by atoms with van der Waals surface area (Å²) < 4.78 is 5.18. The van der Waals surface area contributed by atoms with E-state index in [9.17, 15) is 9.90 Å². The number of rotatable bonds is 6. The third kappa shape index (κ3) is 4.19. The lowest BCUT2D eigenvalue weighted by Gasteiger charge is -2.28. The number of nitrogens with zero attached hydrogens (tertiary/aromatic N) is 5. The summed E-state index contributed by atoms with van der Waals surface area (Å²) in [7, 11) is 1.66. The summed E-state index contributed by atoms with van der Waals surface area (Å²) in [5.74, 6) is 1.09. The van der Waals surface area contributed by atoms with Crippen molar-refractivity contribution in [3.63, 3.8) is 0 Å². The zero-order chi connectivity index (χ0) is 18.7. The maximum absolute atomic E-state index is 12.6. The number of amides is 1. The fourth-order valence-electron chi connectivity index (χ4n) is 3.26. The van der Waals surface area contributed by atoms with E-state index in [1.165, 1.54) is 4.90 Å². The van der Waals surface area contributed by atoms with E-state index in [-0.39, 0.29) is 18.2 Å².